The Bertz CT molecular complexity index is 553. The van der Waals surface area contributed by atoms with Crippen LogP contribution in [0.1, 0.15) is 43.7 Å². The van der Waals surface area contributed by atoms with Crippen molar-refractivity contribution in [2.24, 2.45) is 5.73 Å². The molecule has 21 heavy (non-hydrogen) atoms. The molecule has 1 unspecified atom stereocenters. The van der Waals surface area contributed by atoms with Gasteiger partial charge in [0.05, 0.1) is 6.61 Å². The lowest BCUT2D eigenvalue weighted by atomic mass is 10.1. The van der Waals surface area contributed by atoms with E-state index < -0.39 is 16.0 Å². The number of carbonyl (C=O) groups is 1. The van der Waals surface area contributed by atoms with Crippen LogP contribution in [0.25, 0.3) is 0 Å². The topological polar surface area (TPSA) is 112 Å². The Hall–Kier alpha value is -1.38. The summed E-state index contributed by atoms with van der Waals surface area (Å²) in [6.07, 6.45) is 2.47. The fourth-order valence-corrected chi connectivity index (χ4v) is 2.95. The van der Waals surface area contributed by atoms with Crippen LogP contribution < -0.4 is 10.5 Å². The number of hydrogen-bond acceptors (Lipinski definition) is 6. The van der Waals surface area contributed by atoms with Crippen LogP contribution in [-0.2, 0) is 14.8 Å². The van der Waals surface area contributed by atoms with E-state index >= 15 is 0 Å². The monoisotopic (exact) mass is 318 g/mol. The van der Waals surface area contributed by atoms with E-state index in [2.05, 4.69) is 4.72 Å². The van der Waals surface area contributed by atoms with Gasteiger partial charge >= 0.3 is 5.97 Å². The Labute approximate surface area is 124 Å². The van der Waals surface area contributed by atoms with E-state index in [4.69, 9.17) is 14.9 Å². The van der Waals surface area contributed by atoms with E-state index in [-0.39, 0.29) is 30.0 Å². The molecular weight excluding hydrogens is 296 g/mol. The van der Waals surface area contributed by atoms with Crippen LogP contribution in [0.4, 0.5) is 0 Å². The maximum Gasteiger partial charge on any atom is 0.374 e. The van der Waals surface area contributed by atoms with Crippen LogP contribution in [0.2, 0.25) is 0 Å². The molecule has 0 aliphatic heterocycles. The fourth-order valence-electron chi connectivity index (χ4n) is 1.73. The lowest BCUT2D eigenvalue weighted by molar-refractivity contribution is 0.0484. The predicted octanol–water partition coefficient (Wildman–Crippen LogP) is 1.25. The molecule has 7 nitrogen and oxygen atoms in total. The number of nitrogens with one attached hydrogen (secondary N) is 1. The van der Waals surface area contributed by atoms with E-state index in [1.165, 1.54) is 12.1 Å². The lowest BCUT2D eigenvalue weighted by Crippen LogP contribution is -2.39. The van der Waals surface area contributed by atoms with Crippen molar-refractivity contribution in [3.63, 3.8) is 0 Å². The summed E-state index contributed by atoms with van der Waals surface area (Å²) in [7, 11) is -3.83. The fraction of sp³-hybridized carbons (Fsp3) is 0.615. The zero-order valence-corrected chi connectivity index (χ0v) is 13.1. The SMILES string of the molecule is CCCCC(CN)NS(=O)(=O)c1ccc(C(=O)OCC)o1. The van der Waals surface area contributed by atoms with Crippen LogP contribution in [0, 0.1) is 0 Å². The summed E-state index contributed by atoms with van der Waals surface area (Å²) in [5, 5.41) is -0.319. The zero-order valence-electron chi connectivity index (χ0n) is 12.3. The van der Waals surface area contributed by atoms with Gasteiger partial charge in [-0.3, -0.25) is 0 Å². The first-order chi connectivity index (χ1) is 9.94. The highest BCUT2D eigenvalue weighted by Crippen LogP contribution is 2.16. The smallest absolute Gasteiger partial charge is 0.374 e. The molecule has 8 heteroatoms. The van der Waals surface area contributed by atoms with Crippen LogP contribution in [0.5, 0.6) is 0 Å². The number of nitrogens with two attached hydrogens (primary N) is 1. The summed E-state index contributed by atoms with van der Waals surface area (Å²) >= 11 is 0. The van der Waals surface area contributed by atoms with Gasteiger partial charge in [-0.15, -0.1) is 0 Å². The minimum atomic E-state index is -3.83. The van der Waals surface area contributed by atoms with Gasteiger partial charge < -0.3 is 14.9 Å². The molecule has 0 bridgehead atoms. The zero-order chi connectivity index (χ0) is 15.9. The van der Waals surface area contributed by atoms with Gasteiger partial charge in [-0.25, -0.2) is 17.9 Å². The second kappa shape index (κ2) is 8.16. The summed E-state index contributed by atoms with van der Waals surface area (Å²) in [6.45, 7) is 4.05. The normalized spacial score (nSPS) is 13.1. The molecule has 0 aliphatic carbocycles. The molecule has 1 aromatic rings. The van der Waals surface area contributed by atoms with E-state index in [1.54, 1.807) is 6.92 Å². The molecular formula is C13H22N2O5S. The van der Waals surface area contributed by atoms with Crippen molar-refractivity contribution in [3.05, 3.63) is 17.9 Å². The maximum absolute atomic E-state index is 12.1. The van der Waals surface area contributed by atoms with E-state index in [1.807, 2.05) is 6.92 Å². The van der Waals surface area contributed by atoms with E-state index in [0.29, 0.717) is 6.42 Å². The summed E-state index contributed by atoms with van der Waals surface area (Å²) in [5.41, 5.74) is 5.56. The summed E-state index contributed by atoms with van der Waals surface area (Å²) in [6, 6.07) is 2.14. The molecule has 1 aromatic heterocycles. The Kier molecular flexibility index (Phi) is 6.86. The predicted molar refractivity (Wildman–Crippen MR) is 77.4 cm³/mol. The first-order valence-corrected chi connectivity index (χ1v) is 8.42. The minimum Gasteiger partial charge on any atom is -0.460 e. The van der Waals surface area contributed by atoms with Gasteiger partial charge in [-0.05, 0) is 25.5 Å². The standard InChI is InChI=1S/C13H22N2O5S/c1-3-5-6-10(9-14)15-21(17,18)12-8-7-11(20-12)13(16)19-4-2/h7-8,10,15H,3-6,9,14H2,1-2H3. The number of rotatable bonds is 9. The van der Waals surface area contributed by atoms with E-state index in [9.17, 15) is 13.2 Å². The molecule has 0 saturated carbocycles. The number of esters is 1. The van der Waals surface area contributed by atoms with Crippen LogP contribution in [0.3, 0.4) is 0 Å². The molecule has 0 aliphatic rings. The summed E-state index contributed by atoms with van der Waals surface area (Å²) in [4.78, 5) is 11.5. The molecule has 0 fully saturated rings. The molecule has 0 amide bonds. The maximum atomic E-state index is 12.1. The molecule has 120 valence electrons. The van der Waals surface area contributed by atoms with Crippen molar-refractivity contribution in [1.29, 1.82) is 0 Å². The van der Waals surface area contributed by atoms with Gasteiger partial charge in [0.25, 0.3) is 10.0 Å². The number of furan rings is 1. The van der Waals surface area contributed by atoms with Crippen molar-refractivity contribution in [1.82, 2.24) is 4.72 Å². The summed E-state index contributed by atoms with van der Waals surface area (Å²) < 4.78 is 36.6. The molecule has 3 N–H and O–H groups in total. The third-order valence-corrected chi connectivity index (χ3v) is 4.23. The third kappa shape index (κ3) is 5.14. The lowest BCUT2D eigenvalue weighted by Gasteiger charge is -2.15. The molecule has 1 atom stereocenters. The number of unbranched alkanes of at least 4 members (excludes halogenated alkanes) is 1. The van der Waals surface area contributed by atoms with Gasteiger partial charge in [0.1, 0.15) is 0 Å². The second-order valence-corrected chi connectivity index (χ2v) is 6.18. The molecule has 0 radical (unpaired) electrons. The highest BCUT2D eigenvalue weighted by molar-refractivity contribution is 7.89. The number of carbonyl (C=O) groups excluding carboxylic acids is 1. The Morgan fingerprint density at radius 2 is 2.14 bits per heavy atom. The Morgan fingerprint density at radius 1 is 1.43 bits per heavy atom. The average molecular weight is 318 g/mol. The van der Waals surface area contributed by atoms with Crippen molar-refractivity contribution in [2.75, 3.05) is 13.2 Å². The van der Waals surface area contributed by atoms with Gasteiger partial charge in [-0.1, -0.05) is 19.8 Å². The molecule has 1 heterocycles. The highest BCUT2D eigenvalue weighted by Gasteiger charge is 2.24. The molecule has 0 saturated heterocycles. The summed E-state index contributed by atoms with van der Waals surface area (Å²) in [5.74, 6) is -0.838. The molecule has 0 aromatic carbocycles. The first kappa shape index (κ1) is 17.7. The van der Waals surface area contributed by atoms with Gasteiger partial charge in [0.15, 0.2) is 0 Å². The number of ether oxygens (including phenoxy) is 1. The van der Waals surface area contributed by atoms with E-state index in [0.717, 1.165) is 12.8 Å². The van der Waals surface area contributed by atoms with Crippen molar-refractivity contribution in [2.45, 2.75) is 44.2 Å². The van der Waals surface area contributed by atoms with Crippen LogP contribution >= 0.6 is 0 Å². The second-order valence-electron chi connectivity index (χ2n) is 4.54. The largest absolute Gasteiger partial charge is 0.460 e. The number of sulfonamides is 1. The van der Waals surface area contributed by atoms with Crippen molar-refractivity contribution < 1.29 is 22.4 Å². The molecule has 0 spiro atoms. The van der Waals surface area contributed by atoms with Gasteiger partial charge in [0, 0.05) is 12.6 Å². The van der Waals surface area contributed by atoms with Crippen molar-refractivity contribution >= 4 is 16.0 Å². The first-order valence-electron chi connectivity index (χ1n) is 6.94. The number of hydrogen-bond donors (Lipinski definition) is 2. The Balaban J connectivity index is 2.80. The third-order valence-electron chi connectivity index (χ3n) is 2.84. The van der Waals surface area contributed by atoms with Gasteiger partial charge in [0.2, 0.25) is 10.9 Å². The minimum absolute atomic E-state index is 0.143. The quantitative estimate of drug-likeness (QED) is 0.663. The van der Waals surface area contributed by atoms with Crippen LogP contribution in [-0.4, -0.2) is 33.6 Å². The Morgan fingerprint density at radius 3 is 2.71 bits per heavy atom. The van der Waals surface area contributed by atoms with Crippen molar-refractivity contribution in [3.8, 4) is 0 Å². The van der Waals surface area contributed by atoms with Gasteiger partial charge in [-0.2, -0.15) is 0 Å². The average Bonchev–Trinajstić information content (AvgIpc) is 2.94. The highest BCUT2D eigenvalue weighted by atomic mass is 32.2. The molecule has 1 rings (SSSR count). The van der Waals surface area contributed by atoms with Crippen LogP contribution in [0.15, 0.2) is 21.6 Å².